The molecule has 0 spiro atoms. The van der Waals surface area contributed by atoms with E-state index in [0.717, 1.165) is 16.9 Å². The fourth-order valence-electron chi connectivity index (χ4n) is 4.49. The minimum Gasteiger partial charge on any atom is -0.456 e. The minimum absolute atomic E-state index is 0.0905. The molecule has 0 N–H and O–H groups in total. The maximum Gasteiger partial charge on any atom is 0.329 e. The molecule has 1 saturated heterocycles. The monoisotopic (exact) mass is 367 g/mol. The van der Waals surface area contributed by atoms with Crippen LogP contribution in [0.3, 0.4) is 0 Å². The Bertz CT molecular complexity index is 826. The van der Waals surface area contributed by atoms with Crippen molar-refractivity contribution in [1.82, 2.24) is 4.90 Å². The fourth-order valence-corrected chi connectivity index (χ4v) is 4.49. The maximum atomic E-state index is 12.7. The second-order valence-corrected chi connectivity index (χ2v) is 7.62. The summed E-state index contributed by atoms with van der Waals surface area (Å²) in [5.74, 6) is -2.17. The summed E-state index contributed by atoms with van der Waals surface area (Å²) in [5, 5.41) is 0. The van der Waals surface area contributed by atoms with Crippen LogP contribution in [0.1, 0.15) is 29.3 Å². The van der Waals surface area contributed by atoms with Crippen molar-refractivity contribution in [2.24, 2.45) is 23.7 Å². The van der Waals surface area contributed by atoms with Crippen LogP contribution < -0.4 is 0 Å². The number of likely N-dealkylation sites (tertiary alicyclic amines) is 1. The molecule has 2 bridgehead atoms. The van der Waals surface area contributed by atoms with Gasteiger partial charge < -0.3 is 4.74 Å². The Labute approximate surface area is 157 Å². The number of carbonyl (C=O) groups excluding carboxylic acids is 4. The molecule has 2 amide bonds. The van der Waals surface area contributed by atoms with Crippen molar-refractivity contribution in [2.75, 3.05) is 6.61 Å². The van der Waals surface area contributed by atoms with Crippen molar-refractivity contribution < 1.29 is 23.9 Å². The third-order valence-corrected chi connectivity index (χ3v) is 5.95. The molecule has 1 aliphatic heterocycles. The van der Waals surface area contributed by atoms with E-state index in [2.05, 4.69) is 0 Å². The first kappa shape index (κ1) is 17.6. The molecule has 6 heteroatoms. The van der Waals surface area contributed by atoms with Crippen molar-refractivity contribution in [3.05, 3.63) is 47.5 Å². The van der Waals surface area contributed by atoms with Gasteiger partial charge in [0.2, 0.25) is 11.8 Å². The van der Waals surface area contributed by atoms with Gasteiger partial charge in [0.1, 0.15) is 6.04 Å². The number of hydrogen-bond donors (Lipinski definition) is 0. The van der Waals surface area contributed by atoms with Crippen LogP contribution in [-0.4, -0.2) is 41.1 Å². The van der Waals surface area contributed by atoms with Crippen molar-refractivity contribution >= 4 is 23.6 Å². The smallest absolute Gasteiger partial charge is 0.329 e. The van der Waals surface area contributed by atoms with E-state index in [4.69, 9.17) is 4.74 Å². The zero-order valence-corrected chi connectivity index (χ0v) is 15.3. The van der Waals surface area contributed by atoms with Crippen LogP contribution in [0.5, 0.6) is 0 Å². The van der Waals surface area contributed by atoms with E-state index in [1.165, 1.54) is 6.92 Å². The molecular formula is C21H21NO5. The molecule has 2 fully saturated rings. The highest BCUT2D eigenvalue weighted by Crippen LogP contribution is 2.52. The van der Waals surface area contributed by atoms with Gasteiger partial charge in [0.25, 0.3) is 0 Å². The lowest BCUT2D eigenvalue weighted by atomic mass is 9.85. The van der Waals surface area contributed by atoms with Crippen LogP contribution in [0.2, 0.25) is 0 Å². The second kappa shape index (κ2) is 6.44. The summed E-state index contributed by atoms with van der Waals surface area (Å²) >= 11 is 0. The molecule has 1 aromatic rings. The number of rotatable bonds is 5. The summed E-state index contributed by atoms with van der Waals surface area (Å²) < 4.78 is 5.10. The van der Waals surface area contributed by atoms with Gasteiger partial charge >= 0.3 is 5.97 Å². The molecule has 0 unspecified atom stereocenters. The van der Waals surface area contributed by atoms with Gasteiger partial charge in [-0.15, -0.1) is 0 Å². The largest absolute Gasteiger partial charge is 0.456 e. The molecule has 3 aliphatic rings. The molecule has 0 radical (unpaired) electrons. The van der Waals surface area contributed by atoms with E-state index in [9.17, 15) is 19.2 Å². The second-order valence-electron chi connectivity index (χ2n) is 7.62. The number of aryl methyl sites for hydroxylation is 1. The molecule has 4 rings (SSSR count). The molecule has 140 valence electrons. The van der Waals surface area contributed by atoms with Gasteiger partial charge in [0.05, 0.1) is 11.8 Å². The first-order valence-electron chi connectivity index (χ1n) is 9.20. The highest BCUT2D eigenvalue weighted by Gasteiger charge is 2.60. The van der Waals surface area contributed by atoms with Gasteiger partial charge in [-0.25, -0.2) is 4.79 Å². The van der Waals surface area contributed by atoms with Crippen molar-refractivity contribution in [2.45, 2.75) is 26.3 Å². The average Bonchev–Trinajstić information content (AvgIpc) is 3.33. The number of hydrogen-bond acceptors (Lipinski definition) is 5. The van der Waals surface area contributed by atoms with Crippen LogP contribution in [0, 0.1) is 30.6 Å². The number of fused-ring (bicyclic) bond motifs is 5. The molecule has 27 heavy (non-hydrogen) atoms. The van der Waals surface area contributed by atoms with Crippen LogP contribution in [0.25, 0.3) is 0 Å². The quantitative estimate of drug-likeness (QED) is 0.344. The highest BCUT2D eigenvalue weighted by molar-refractivity contribution is 6.09. The van der Waals surface area contributed by atoms with E-state index in [1.807, 2.05) is 19.1 Å². The van der Waals surface area contributed by atoms with Crippen molar-refractivity contribution in [1.29, 1.82) is 0 Å². The number of allylic oxidation sites excluding steroid dienone is 2. The Balaban J connectivity index is 1.39. The number of amides is 2. The lowest BCUT2D eigenvalue weighted by molar-refractivity contribution is -0.157. The number of benzene rings is 1. The van der Waals surface area contributed by atoms with Gasteiger partial charge in [0, 0.05) is 5.56 Å². The number of ether oxygens (including phenoxy) is 1. The van der Waals surface area contributed by atoms with E-state index in [1.54, 1.807) is 24.3 Å². The number of imide groups is 1. The molecule has 1 aromatic carbocycles. The third kappa shape index (κ3) is 2.80. The van der Waals surface area contributed by atoms with Crippen LogP contribution >= 0.6 is 0 Å². The Morgan fingerprint density at radius 1 is 1.07 bits per heavy atom. The minimum atomic E-state index is -1.03. The summed E-state index contributed by atoms with van der Waals surface area (Å²) in [5.41, 5.74) is 1.48. The number of esters is 1. The summed E-state index contributed by atoms with van der Waals surface area (Å²) in [6.07, 6.45) is 4.85. The van der Waals surface area contributed by atoms with Crippen molar-refractivity contribution in [3.63, 3.8) is 0 Å². The zero-order chi connectivity index (χ0) is 19.3. The van der Waals surface area contributed by atoms with E-state index in [-0.39, 0.29) is 41.3 Å². The summed E-state index contributed by atoms with van der Waals surface area (Å²) in [7, 11) is 0. The van der Waals surface area contributed by atoms with Crippen molar-refractivity contribution in [3.8, 4) is 0 Å². The molecule has 2 aliphatic carbocycles. The van der Waals surface area contributed by atoms with Crippen LogP contribution in [-0.2, 0) is 19.1 Å². The summed E-state index contributed by atoms with van der Waals surface area (Å²) in [4.78, 5) is 51.0. The standard InChI is InChI=1S/C21H21NO5/c1-11-3-5-13(6-4-11)16(23)10-27-21(26)12(2)22-19(24)17-14-7-8-15(9-14)18(17)20(22)25/h3-8,12,14-15,17-18H,9-10H2,1-2H3/t12-,14-,15-,17+,18+/m0/s1. The average molecular weight is 367 g/mol. The molecule has 5 atom stereocenters. The Morgan fingerprint density at radius 3 is 2.19 bits per heavy atom. The SMILES string of the molecule is Cc1ccc(C(=O)COC(=O)[C@H](C)N2C(=O)[C@H]3[C@H](C2=O)[C@H]2C=C[C@H]3C2)cc1. The number of carbonyl (C=O) groups is 4. The zero-order valence-electron chi connectivity index (χ0n) is 15.3. The molecular weight excluding hydrogens is 346 g/mol. The summed E-state index contributed by atoms with van der Waals surface area (Å²) in [6.45, 7) is 2.98. The van der Waals surface area contributed by atoms with Gasteiger partial charge in [0.15, 0.2) is 12.4 Å². The van der Waals surface area contributed by atoms with E-state index < -0.39 is 18.6 Å². The number of ketones is 1. The van der Waals surface area contributed by atoms with Gasteiger partial charge in [-0.05, 0) is 32.1 Å². The van der Waals surface area contributed by atoms with Gasteiger partial charge in [-0.2, -0.15) is 0 Å². The number of Topliss-reactive ketones (excluding diaryl/α,β-unsaturated/α-hetero) is 1. The molecule has 1 heterocycles. The fraction of sp³-hybridized carbons (Fsp3) is 0.429. The van der Waals surface area contributed by atoms with Crippen LogP contribution in [0.15, 0.2) is 36.4 Å². The first-order chi connectivity index (χ1) is 12.9. The lowest BCUT2D eigenvalue weighted by Crippen LogP contribution is -2.45. The predicted molar refractivity (Wildman–Crippen MR) is 95.5 cm³/mol. The van der Waals surface area contributed by atoms with Gasteiger partial charge in [-0.1, -0.05) is 42.0 Å². The molecule has 1 saturated carbocycles. The van der Waals surface area contributed by atoms with E-state index >= 15 is 0 Å². The normalized spacial score (nSPS) is 29.2. The highest BCUT2D eigenvalue weighted by atomic mass is 16.5. The number of nitrogens with zero attached hydrogens (tertiary/aromatic N) is 1. The lowest BCUT2D eigenvalue weighted by Gasteiger charge is -2.23. The predicted octanol–water partition coefficient (Wildman–Crippen LogP) is 1.92. The third-order valence-electron chi connectivity index (χ3n) is 5.95. The first-order valence-corrected chi connectivity index (χ1v) is 9.20. The Kier molecular flexibility index (Phi) is 4.21. The topological polar surface area (TPSA) is 80.8 Å². The van der Waals surface area contributed by atoms with Gasteiger partial charge in [-0.3, -0.25) is 19.3 Å². The summed E-state index contributed by atoms with van der Waals surface area (Å²) in [6, 6.07) is 5.93. The van der Waals surface area contributed by atoms with Crippen LogP contribution in [0.4, 0.5) is 0 Å². The molecule has 6 nitrogen and oxygen atoms in total. The molecule has 0 aromatic heterocycles. The van der Waals surface area contributed by atoms with E-state index in [0.29, 0.717) is 5.56 Å². The Morgan fingerprint density at radius 2 is 1.63 bits per heavy atom. The Hall–Kier alpha value is -2.76. The maximum absolute atomic E-state index is 12.7.